The summed E-state index contributed by atoms with van der Waals surface area (Å²) < 4.78 is 5.52. The fourth-order valence-corrected chi connectivity index (χ4v) is 5.52. The molecule has 3 amide bonds. The Kier molecular flexibility index (Phi) is 8.34. The zero-order valence-electron chi connectivity index (χ0n) is 22.1. The number of esters is 1. The predicted molar refractivity (Wildman–Crippen MR) is 138 cm³/mol. The third-order valence-electron chi connectivity index (χ3n) is 7.71. The highest BCUT2D eigenvalue weighted by Crippen LogP contribution is 2.34. The van der Waals surface area contributed by atoms with E-state index in [0.717, 1.165) is 55.5 Å². The lowest BCUT2D eigenvalue weighted by Gasteiger charge is -2.38. The van der Waals surface area contributed by atoms with Gasteiger partial charge in [0.25, 0.3) is 0 Å². The summed E-state index contributed by atoms with van der Waals surface area (Å²) in [5, 5.41) is 3.07. The molecule has 0 bridgehead atoms. The SMILES string of the molecule is CCOC(=O)C1=C(CN2CCCN(C(=O)C3CCC3)CC2)N(CC)C(=O)NC1c1ccc(C)cc1C. The van der Waals surface area contributed by atoms with Gasteiger partial charge in [-0.1, -0.05) is 30.2 Å². The van der Waals surface area contributed by atoms with Gasteiger partial charge in [0.05, 0.1) is 18.2 Å². The normalized spacial score (nSPS) is 21.7. The molecule has 1 unspecified atom stereocenters. The fraction of sp³-hybridized carbons (Fsp3) is 0.607. The smallest absolute Gasteiger partial charge is 0.338 e. The number of ether oxygens (including phenoxy) is 1. The van der Waals surface area contributed by atoms with Crippen molar-refractivity contribution in [3.05, 3.63) is 46.2 Å². The number of hydrogen-bond acceptors (Lipinski definition) is 5. The maximum absolute atomic E-state index is 13.4. The molecular formula is C28H40N4O4. The first kappa shape index (κ1) is 26.2. The molecule has 4 rings (SSSR count). The summed E-state index contributed by atoms with van der Waals surface area (Å²) in [5.74, 6) is 0.0926. The average molecular weight is 497 g/mol. The molecule has 0 spiro atoms. The number of nitrogens with one attached hydrogen (secondary N) is 1. The van der Waals surface area contributed by atoms with Crippen molar-refractivity contribution in [2.24, 2.45) is 5.92 Å². The molecule has 1 saturated carbocycles. The van der Waals surface area contributed by atoms with Crippen LogP contribution in [0.5, 0.6) is 0 Å². The first-order chi connectivity index (χ1) is 17.3. The molecular weight excluding hydrogens is 456 g/mol. The summed E-state index contributed by atoms with van der Waals surface area (Å²) >= 11 is 0. The Morgan fingerprint density at radius 2 is 1.83 bits per heavy atom. The minimum atomic E-state index is -0.571. The van der Waals surface area contributed by atoms with Crippen LogP contribution in [-0.4, -0.2) is 78.5 Å². The molecule has 0 radical (unpaired) electrons. The van der Waals surface area contributed by atoms with E-state index >= 15 is 0 Å². The van der Waals surface area contributed by atoms with E-state index in [0.29, 0.717) is 37.4 Å². The van der Waals surface area contributed by atoms with E-state index in [2.05, 4.69) is 16.3 Å². The summed E-state index contributed by atoms with van der Waals surface area (Å²) in [5.41, 5.74) is 4.24. The van der Waals surface area contributed by atoms with Gasteiger partial charge in [-0.3, -0.25) is 14.6 Å². The number of carbonyl (C=O) groups excluding carboxylic acids is 3. The van der Waals surface area contributed by atoms with Crippen LogP contribution < -0.4 is 5.32 Å². The van der Waals surface area contributed by atoms with Crippen molar-refractivity contribution in [3.63, 3.8) is 0 Å². The second kappa shape index (κ2) is 11.5. The van der Waals surface area contributed by atoms with Gasteiger partial charge in [-0.05, 0) is 58.1 Å². The van der Waals surface area contributed by atoms with Gasteiger partial charge in [0.15, 0.2) is 0 Å². The summed E-state index contributed by atoms with van der Waals surface area (Å²) in [7, 11) is 0. The van der Waals surface area contributed by atoms with Crippen LogP contribution in [0.25, 0.3) is 0 Å². The van der Waals surface area contributed by atoms with E-state index in [-0.39, 0.29) is 24.5 Å². The molecule has 8 nitrogen and oxygen atoms in total. The van der Waals surface area contributed by atoms with Gasteiger partial charge in [-0.25, -0.2) is 9.59 Å². The highest BCUT2D eigenvalue weighted by atomic mass is 16.5. The number of benzene rings is 1. The molecule has 8 heteroatoms. The maximum atomic E-state index is 13.4. The Balaban J connectivity index is 1.65. The van der Waals surface area contributed by atoms with Crippen LogP contribution in [0.3, 0.4) is 0 Å². The number of hydrogen-bond donors (Lipinski definition) is 1. The van der Waals surface area contributed by atoms with Crippen molar-refractivity contribution >= 4 is 17.9 Å². The van der Waals surface area contributed by atoms with Crippen LogP contribution in [0, 0.1) is 19.8 Å². The van der Waals surface area contributed by atoms with Crippen molar-refractivity contribution in [1.82, 2.24) is 20.0 Å². The van der Waals surface area contributed by atoms with E-state index in [9.17, 15) is 14.4 Å². The van der Waals surface area contributed by atoms with Crippen LogP contribution in [0.15, 0.2) is 29.5 Å². The maximum Gasteiger partial charge on any atom is 0.338 e. The highest BCUT2D eigenvalue weighted by molar-refractivity contribution is 5.95. The number of likely N-dealkylation sites (N-methyl/N-ethyl adjacent to an activating group) is 1. The minimum absolute atomic E-state index is 0.200. The lowest BCUT2D eigenvalue weighted by molar-refractivity contribution is -0.139. The fourth-order valence-electron chi connectivity index (χ4n) is 5.52. The third-order valence-corrected chi connectivity index (χ3v) is 7.71. The zero-order chi connectivity index (χ0) is 25.8. The van der Waals surface area contributed by atoms with Crippen LogP contribution in [-0.2, 0) is 14.3 Å². The van der Waals surface area contributed by atoms with Gasteiger partial charge in [-0.2, -0.15) is 0 Å². The monoisotopic (exact) mass is 496 g/mol. The average Bonchev–Trinajstić information content (AvgIpc) is 3.03. The van der Waals surface area contributed by atoms with E-state index in [1.807, 2.05) is 37.8 Å². The molecule has 0 aromatic heterocycles. The number of nitrogens with zero attached hydrogens (tertiary/aromatic N) is 3. The number of aryl methyl sites for hydroxylation is 2. The van der Waals surface area contributed by atoms with Gasteiger partial charge in [-0.15, -0.1) is 0 Å². The van der Waals surface area contributed by atoms with Crippen molar-refractivity contribution < 1.29 is 19.1 Å². The number of urea groups is 1. The van der Waals surface area contributed by atoms with E-state index in [1.165, 1.54) is 0 Å². The predicted octanol–water partition coefficient (Wildman–Crippen LogP) is 3.54. The summed E-state index contributed by atoms with van der Waals surface area (Å²) in [6.45, 7) is 11.9. The minimum Gasteiger partial charge on any atom is -0.463 e. The Morgan fingerprint density at radius 3 is 2.47 bits per heavy atom. The van der Waals surface area contributed by atoms with Crippen LogP contribution in [0.4, 0.5) is 4.79 Å². The second-order valence-electron chi connectivity index (χ2n) is 10.2. The van der Waals surface area contributed by atoms with Gasteiger partial charge >= 0.3 is 12.0 Å². The molecule has 2 heterocycles. The molecule has 2 aliphatic heterocycles. The van der Waals surface area contributed by atoms with Crippen molar-refractivity contribution in [2.45, 2.75) is 59.4 Å². The third kappa shape index (κ3) is 5.43. The number of amides is 3. The molecule has 196 valence electrons. The summed E-state index contributed by atoms with van der Waals surface area (Å²) in [6.07, 6.45) is 4.04. The Labute approximate surface area is 214 Å². The van der Waals surface area contributed by atoms with Gasteiger partial charge in [0.1, 0.15) is 0 Å². The molecule has 1 aromatic carbocycles. The lowest BCUT2D eigenvalue weighted by Crippen LogP contribution is -2.51. The molecule has 1 N–H and O–H groups in total. The van der Waals surface area contributed by atoms with Gasteiger partial charge in [0, 0.05) is 50.9 Å². The highest BCUT2D eigenvalue weighted by Gasteiger charge is 2.39. The zero-order valence-corrected chi connectivity index (χ0v) is 22.1. The van der Waals surface area contributed by atoms with Gasteiger partial charge < -0.3 is 15.0 Å². The topological polar surface area (TPSA) is 82.2 Å². The Morgan fingerprint density at radius 1 is 1.06 bits per heavy atom. The van der Waals surface area contributed by atoms with Crippen molar-refractivity contribution in [3.8, 4) is 0 Å². The Bertz CT molecular complexity index is 1030. The van der Waals surface area contributed by atoms with Gasteiger partial charge in [0.2, 0.25) is 5.91 Å². The quantitative estimate of drug-likeness (QED) is 0.584. The number of carbonyl (C=O) groups is 3. The van der Waals surface area contributed by atoms with Crippen LogP contribution in [0.1, 0.15) is 62.3 Å². The Hall–Kier alpha value is -2.87. The molecule has 1 aromatic rings. The molecule has 1 aliphatic carbocycles. The first-order valence-corrected chi connectivity index (χ1v) is 13.4. The summed E-state index contributed by atoms with van der Waals surface area (Å²) in [6, 6.07) is 5.29. The molecule has 1 saturated heterocycles. The van der Waals surface area contributed by atoms with Crippen molar-refractivity contribution in [1.29, 1.82) is 0 Å². The standard InChI is InChI=1S/C28H40N4O4/c1-5-32-23(18-30-13-8-14-31(16-15-30)26(33)21-9-7-10-21)24(27(34)36-6-2)25(29-28(32)35)22-12-11-19(3)17-20(22)4/h11-12,17,21,25H,5-10,13-16,18H2,1-4H3,(H,29,35). The largest absolute Gasteiger partial charge is 0.463 e. The molecule has 36 heavy (non-hydrogen) atoms. The molecule has 1 atom stereocenters. The lowest BCUT2D eigenvalue weighted by atomic mass is 9.84. The second-order valence-corrected chi connectivity index (χ2v) is 10.2. The van der Waals surface area contributed by atoms with E-state index in [4.69, 9.17) is 4.74 Å². The van der Waals surface area contributed by atoms with Crippen molar-refractivity contribution in [2.75, 3.05) is 45.9 Å². The van der Waals surface area contributed by atoms with Crippen LogP contribution in [0.2, 0.25) is 0 Å². The van der Waals surface area contributed by atoms with E-state index < -0.39 is 12.0 Å². The van der Waals surface area contributed by atoms with E-state index in [1.54, 1.807) is 11.8 Å². The molecule has 3 aliphatic rings. The molecule has 2 fully saturated rings. The summed E-state index contributed by atoms with van der Waals surface area (Å²) in [4.78, 5) is 45.4. The first-order valence-electron chi connectivity index (χ1n) is 13.4. The van der Waals surface area contributed by atoms with Crippen LogP contribution >= 0.6 is 0 Å². The number of rotatable bonds is 7.